The number of hydrogen-bond donors (Lipinski definition) is 2. The van der Waals surface area contributed by atoms with E-state index in [2.05, 4.69) is 20.6 Å². The van der Waals surface area contributed by atoms with E-state index in [0.717, 1.165) is 24.0 Å². The maximum absolute atomic E-state index is 12.9. The number of carbonyl (C=O) groups is 1. The van der Waals surface area contributed by atoms with Crippen LogP contribution in [-0.2, 0) is 21.2 Å². The minimum atomic E-state index is -3.50. The number of sulfonamides is 1. The highest BCUT2D eigenvalue weighted by molar-refractivity contribution is 7.89. The number of fused-ring (bicyclic) bond motifs is 3. The number of para-hydroxylation sites is 1. The van der Waals surface area contributed by atoms with Crippen LogP contribution in [0, 0.1) is 0 Å². The van der Waals surface area contributed by atoms with Gasteiger partial charge in [0.15, 0.2) is 0 Å². The van der Waals surface area contributed by atoms with E-state index in [4.69, 9.17) is 0 Å². The molecule has 1 amide bonds. The second-order valence-electron chi connectivity index (χ2n) is 8.09. The summed E-state index contributed by atoms with van der Waals surface area (Å²) in [5.41, 5.74) is 3.67. The average molecular weight is 450 g/mol. The monoisotopic (exact) mass is 449 g/mol. The smallest absolute Gasteiger partial charge is 0.243 e. The highest BCUT2D eigenvalue weighted by atomic mass is 32.2. The number of carbonyl (C=O) groups excluding carboxylic acids is 1. The molecule has 0 bridgehead atoms. The summed E-state index contributed by atoms with van der Waals surface area (Å²) in [5.74, 6) is 0.265. The van der Waals surface area contributed by atoms with Crippen LogP contribution in [0.25, 0.3) is 11.3 Å². The number of nitrogens with one attached hydrogen (secondary N) is 2. The quantitative estimate of drug-likeness (QED) is 0.631. The van der Waals surface area contributed by atoms with Crippen LogP contribution in [0.3, 0.4) is 0 Å². The molecule has 1 fully saturated rings. The lowest BCUT2D eigenvalue weighted by Crippen LogP contribution is -2.33. The van der Waals surface area contributed by atoms with Gasteiger partial charge in [0.1, 0.15) is 0 Å². The van der Waals surface area contributed by atoms with Crippen molar-refractivity contribution in [1.82, 2.24) is 14.3 Å². The van der Waals surface area contributed by atoms with Gasteiger partial charge in [0.25, 0.3) is 0 Å². The molecule has 0 spiro atoms. The molecule has 2 N–H and O–H groups in total. The zero-order valence-electron chi connectivity index (χ0n) is 17.6. The third-order valence-corrected chi connectivity index (χ3v) is 7.91. The summed E-state index contributed by atoms with van der Waals surface area (Å²) in [6.45, 7) is 2.50. The summed E-state index contributed by atoms with van der Waals surface area (Å²) in [6.07, 6.45) is 3.63. The highest BCUT2D eigenvalue weighted by Gasteiger charge is 2.32. The van der Waals surface area contributed by atoms with E-state index in [9.17, 15) is 13.2 Å². The predicted octanol–water partition coefficient (Wildman–Crippen LogP) is 3.55. The van der Waals surface area contributed by atoms with Crippen molar-refractivity contribution in [3.8, 4) is 11.3 Å². The fraction of sp³-hybridized carbons (Fsp3) is 0.261. The molecule has 164 valence electrons. The van der Waals surface area contributed by atoms with Gasteiger partial charge in [-0.2, -0.15) is 4.31 Å². The molecular formula is C23H23N5O3S. The fourth-order valence-corrected chi connectivity index (χ4v) is 5.93. The van der Waals surface area contributed by atoms with Crippen LogP contribution in [0.5, 0.6) is 0 Å². The third kappa shape index (κ3) is 3.74. The standard InChI is InChI=1S/C23H23N5O3S/c1-15-5-4-12-28(15)32(30,31)18-10-8-17(9-11-18)25-23-24-14-16-13-21(29)26-20-7-3-2-6-19(20)22(16)27-23/h2-3,6-11,14-15H,4-5,12-13H2,1H3,(H,26,29)(H,24,25,27). The Bertz CT molecular complexity index is 1290. The Morgan fingerprint density at radius 1 is 1.12 bits per heavy atom. The molecule has 1 aromatic heterocycles. The molecule has 8 nitrogen and oxygen atoms in total. The van der Waals surface area contributed by atoms with Gasteiger partial charge in [0.2, 0.25) is 21.9 Å². The zero-order chi connectivity index (χ0) is 22.3. The van der Waals surface area contributed by atoms with Crippen molar-refractivity contribution in [2.24, 2.45) is 0 Å². The Morgan fingerprint density at radius 2 is 1.91 bits per heavy atom. The maximum Gasteiger partial charge on any atom is 0.243 e. The first-order chi connectivity index (χ1) is 15.4. The van der Waals surface area contributed by atoms with Gasteiger partial charge in [-0.15, -0.1) is 0 Å². The SMILES string of the molecule is CC1CCCN1S(=O)(=O)c1ccc(Nc2ncc3c(n2)-c2ccccc2NC(=O)C3)cc1. The minimum absolute atomic E-state index is 0.0232. The maximum atomic E-state index is 12.9. The first kappa shape index (κ1) is 20.6. The number of amides is 1. The predicted molar refractivity (Wildman–Crippen MR) is 122 cm³/mol. The Balaban J connectivity index is 1.41. The topological polar surface area (TPSA) is 104 Å². The van der Waals surface area contributed by atoms with Crippen LogP contribution in [0.2, 0.25) is 0 Å². The van der Waals surface area contributed by atoms with E-state index < -0.39 is 10.0 Å². The molecule has 5 rings (SSSR count). The molecule has 0 aliphatic carbocycles. The van der Waals surface area contributed by atoms with Crippen molar-refractivity contribution in [3.05, 3.63) is 60.3 Å². The Morgan fingerprint density at radius 3 is 2.66 bits per heavy atom. The molecule has 32 heavy (non-hydrogen) atoms. The van der Waals surface area contributed by atoms with Gasteiger partial charge in [0, 0.05) is 35.6 Å². The van der Waals surface area contributed by atoms with Crippen molar-refractivity contribution >= 4 is 33.3 Å². The molecule has 2 aliphatic heterocycles. The van der Waals surface area contributed by atoms with Gasteiger partial charge in [0.05, 0.1) is 22.7 Å². The van der Waals surface area contributed by atoms with Crippen molar-refractivity contribution in [2.75, 3.05) is 17.2 Å². The second kappa shape index (κ2) is 7.99. The third-order valence-electron chi connectivity index (χ3n) is 5.88. The number of anilines is 3. The molecule has 3 aromatic rings. The molecule has 1 saturated heterocycles. The summed E-state index contributed by atoms with van der Waals surface area (Å²) >= 11 is 0. The van der Waals surface area contributed by atoms with Crippen molar-refractivity contribution in [2.45, 2.75) is 37.1 Å². The summed E-state index contributed by atoms with van der Waals surface area (Å²) in [6, 6.07) is 14.2. The first-order valence-electron chi connectivity index (χ1n) is 10.6. The number of nitrogens with zero attached hydrogens (tertiary/aromatic N) is 3. The number of hydrogen-bond acceptors (Lipinski definition) is 6. The van der Waals surface area contributed by atoms with E-state index in [-0.39, 0.29) is 23.3 Å². The van der Waals surface area contributed by atoms with Crippen molar-refractivity contribution in [3.63, 3.8) is 0 Å². The summed E-state index contributed by atoms with van der Waals surface area (Å²) in [4.78, 5) is 21.5. The molecule has 1 unspecified atom stereocenters. The molecule has 0 saturated carbocycles. The number of aromatic nitrogens is 2. The summed E-state index contributed by atoms with van der Waals surface area (Å²) < 4.78 is 27.4. The average Bonchev–Trinajstić information content (AvgIpc) is 3.16. The van der Waals surface area contributed by atoms with Gasteiger partial charge in [-0.05, 0) is 50.1 Å². The molecular weight excluding hydrogens is 426 g/mol. The van der Waals surface area contributed by atoms with E-state index in [1.54, 1.807) is 34.8 Å². The molecule has 3 heterocycles. The van der Waals surface area contributed by atoms with Crippen LogP contribution in [0.15, 0.2) is 59.6 Å². The minimum Gasteiger partial charge on any atom is -0.325 e. The zero-order valence-corrected chi connectivity index (χ0v) is 18.4. The number of benzene rings is 2. The van der Waals surface area contributed by atoms with Crippen LogP contribution in [0.1, 0.15) is 25.3 Å². The molecule has 2 aliphatic rings. The van der Waals surface area contributed by atoms with Gasteiger partial charge >= 0.3 is 0 Å². The summed E-state index contributed by atoms with van der Waals surface area (Å²) in [5, 5.41) is 6.03. The van der Waals surface area contributed by atoms with Crippen molar-refractivity contribution < 1.29 is 13.2 Å². The van der Waals surface area contributed by atoms with Crippen molar-refractivity contribution in [1.29, 1.82) is 0 Å². The Kier molecular flexibility index (Phi) is 5.15. The lowest BCUT2D eigenvalue weighted by Gasteiger charge is -2.21. The second-order valence-corrected chi connectivity index (χ2v) is 9.98. The van der Waals surface area contributed by atoms with Gasteiger partial charge in [-0.25, -0.2) is 18.4 Å². The van der Waals surface area contributed by atoms with Crippen LogP contribution >= 0.6 is 0 Å². The van der Waals surface area contributed by atoms with E-state index >= 15 is 0 Å². The Hall–Kier alpha value is -3.30. The molecule has 9 heteroatoms. The summed E-state index contributed by atoms with van der Waals surface area (Å²) in [7, 11) is -3.50. The van der Waals surface area contributed by atoms with Crippen LogP contribution < -0.4 is 10.6 Å². The van der Waals surface area contributed by atoms with E-state index in [1.807, 2.05) is 31.2 Å². The molecule has 2 aromatic carbocycles. The number of rotatable bonds is 4. The lowest BCUT2D eigenvalue weighted by molar-refractivity contribution is -0.115. The largest absolute Gasteiger partial charge is 0.325 e. The molecule has 0 radical (unpaired) electrons. The highest BCUT2D eigenvalue weighted by Crippen LogP contribution is 2.33. The normalized spacial score (nSPS) is 18.4. The lowest BCUT2D eigenvalue weighted by atomic mass is 10.1. The van der Waals surface area contributed by atoms with Gasteiger partial charge in [-0.3, -0.25) is 4.79 Å². The fourth-order valence-electron chi connectivity index (χ4n) is 4.23. The van der Waals surface area contributed by atoms with E-state index in [0.29, 0.717) is 29.6 Å². The van der Waals surface area contributed by atoms with Gasteiger partial charge < -0.3 is 10.6 Å². The van der Waals surface area contributed by atoms with Gasteiger partial charge in [-0.1, -0.05) is 18.2 Å². The van der Waals surface area contributed by atoms with Crippen LogP contribution in [0.4, 0.5) is 17.3 Å². The first-order valence-corrected chi connectivity index (χ1v) is 12.0. The molecule has 1 atom stereocenters. The van der Waals surface area contributed by atoms with Crippen LogP contribution in [-0.4, -0.2) is 41.2 Å². The van der Waals surface area contributed by atoms with E-state index in [1.165, 1.54) is 0 Å². The Labute approximate surface area is 186 Å².